The van der Waals surface area contributed by atoms with E-state index < -0.39 is 66.4 Å². The van der Waals surface area contributed by atoms with Gasteiger partial charge in [-0.05, 0) is 57.5 Å². The van der Waals surface area contributed by atoms with E-state index in [1.165, 1.54) is 0 Å². The van der Waals surface area contributed by atoms with Crippen LogP contribution >= 0.6 is 12.6 Å². The number of aliphatic carboxylic acids is 1. The fourth-order valence-electron chi connectivity index (χ4n) is 3.58. The molecule has 39 heavy (non-hydrogen) atoms. The zero-order valence-electron chi connectivity index (χ0n) is 22.9. The maximum atomic E-state index is 13.2. The van der Waals surface area contributed by atoms with E-state index in [-0.39, 0.29) is 24.5 Å². The molecule has 0 aromatic heterocycles. The van der Waals surface area contributed by atoms with Crippen molar-refractivity contribution >= 4 is 42.2 Å². The highest BCUT2D eigenvalue weighted by Crippen LogP contribution is 2.09. The summed E-state index contributed by atoms with van der Waals surface area (Å²) >= 11 is 4.15. The summed E-state index contributed by atoms with van der Waals surface area (Å²) in [7, 11) is 0. The molecule has 0 aromatic carbocycles. The van der Waals surface area contributed by atoms with Crippen LogP contribution in [0, 0.1) is 5.92 Å². The summed E-state index contributed by atoms with van der Waals surface area (Å²) in [6, 6.07) is -5.63. The molecule has 0 spiro atoms. The minimum absolute atomic E-state index is 0.0312. The van der Waals surface area contributed by atoms with Gasteiger partial charge in [-0.25, -0.2) is 4.79 Å². The van der Waals surface area contributed by atoms with Crippen LogP contribution in [0.1, 0.15) is 58.8 Å². The first kappa shape index (κ1) is 36.5. The van der Waals surface area contributed by atoms with Crippen LogP contribution in [-0.2, 0) is 24.0 Å². The number of nitrogens with two attached hydrogens (primary N) is 3. The van der Waals surface area contributed by atoms with E-state index in [0.717, 1.165) is 0 Å². The number of amides is 4. The van der Waals surface area contributed by atoms with Crippen LogP contribution in [0.2, 0.25) is 0 Å². The summed E-state index contributed by atoms with van der Waals surface area (Å²) in [6.07, 6.45) is 3.17. The van der Waals surface area contributed by atoms with Gasteiger partial charge < -0.3 is 48.7 Å². The molecule has 12 N–H and O–H groups in total. The maximum Gasteiger partial charge on any atom is 0.328 e. The molecule has 0 bridgehead atoms. The normalized spacial score (nSPS) is 15.0. The molecule has 0 radical (unpaired) electrons. The third kappa shape index (κ3) is 15.1. The summed E-state index contributed by atoms with van der Waals surface area (Å²) in [5.74, 6) is -4.14. The Hall–Kier alpha value is -2.46. The number of aliphatic hydroxyl groups excluding tert-OH is 1. The van der Waals surface area contributed by atoms with Gasteiger partial charge in [0.1, 0.15) is 24.2 Å². The molecule has 14 nitrogen and oxygen atoms in total. The zero-order valence-corrected chi connectivity index (χ0v) is 23.8. The molecule has 0 fully saturated rings. The molecule has 0 aliphatic carbocycles. The van der Waals surface area contributed by atoms with Gasteiger partial charge >= 0.3 is 5.97 Å². The van der Waals surface area contributed by atoms with Gasteiger partial charge in [0.05, 0.1) is 12.6 Å². The lowest BCUT2D eigenvalue weighted by atomic mass is 10.0. The molecule has 5 atom stereocenters. The molecular formula is C24H47N7O7S. The Kier molecular flexibility index (Phi) is 19.2. The number of nitrogens with one attached hydrogen (secondary N) is 4. The van der Waals surface area contributed by atoms with Gasteiger partial charge in [0, 0.05) is 5.75 Å². The Morgan fingerprint density at radius 2 is 1.18 bits per heavy atom. The van der Waals surface area contributed by atoms with Gasteiger partial charge in [-0.1, -0.05) is 20.3 Å². The third-order valence-electron chi connectivity index (χ3n) is 5.84. The van der Waals surface area contributed by atoms with Crippen LogP contribution < -0.4 is 38.5 Å². The largest absolute Gasteiger partial charge is 0.480 e. The molecule has 0 rings (SSSR count). The molecule has 0 heterocycles. The minimum atomic E-state index is -1.54. The number of carbonyl (C=O) groups excluding carboxylic acids is 4. The van der Waals surface area contributed by atoms with E-state index >= 15 is 0 Å². The predicted octanol–water partition coefficient (Wildman–Crippen LogP) is -2.44. The zero-order chi connectivity index (χ0) is 30.0. The second-order valence-corrected chi connectivity index (χ2v) is 10.1. The standard InChI is InChI=1S/C24H47N7O7S/c1-14(2)11-17(29-23(36)19(13-39)31-20(33)15(27)7-3-5-9-25)22(35)28-16(8-4-6-10-26)21(34)30-18(12-32)24(37)38/h14-19,32,39H,3-13,25-27H2,1-2H3,(H,28,35)(H,29,36)(H,30,34)(H,31,33)(H,37,38)/t15-,16-,17-,18-,19-/m0/s1. The molecule has 0 unspecified atom stereocenters. The Bertz CT molecular complexity index is 788. The van der Waals surface area contributed by atoms with Crippen LogP contribution in [0.3, 0.4) is 0 Å². The first-order valence-electron chi connectivity index (χ1n) is 13.2. The van der Waals surface area contributed by atoms with Gasteiger partial charge in [0.15, 0.2) is 0 Å². The number of rotatable bonds is 21. The number of hydrogen-bond donors (Lipinski definition) is 10. The lowest BCUT2D eigenvalue weighted by molar-refractivity contribution is -0.143. The summed E-state index contributed by atoms with van der Waals surface area (Å²) in [5, 5.41) is 28.3. The van der Waals surface area contributed by atoms with Crippen molar-refractivity contribution in [3.8, 4) is 0 Å². The van der Waals surface area contributed by atoms with Crippen molar-refractivity contribution in [3.63, 3.8) is 0 Å². The number of unbranched alkanes of at least 4 members (excludes halogenated alkanes) is 2. The molecule has 0 aliphatic heterocycles. The SMILES string of the molecule is CC(C)C[C@H](NC(=O)[C@H](CS)NC(=O)[C@@H](N)CCCCN)C(=O)N[C@@H](CCCCN)C(=O)N[C@@H](CO)C(=O)O. The molecule has 0 aliphatic rings. The molecule has 0 aromatic rings. The number of carboxylic acids is 1. The Labute approximate surface area is 235 Å². The first-order chi connectivity index (χ1) is 18.4. The van der Waals surface area contributed by atoms with Crippen LogP contribution in [0.15, 0.2) is 0 Å². The van der Waals surface area contributed by atoms with E-state index in [1.807, 2.05) is 13.8 Å². The quantitative estimate of drug-likeness (QED) is 0.0509. The number of carboxylic acid groups (broad SMARTS) is 1. The minimum Gasteiger partial charge on any atom is -0.480 e. The highest BCUT2D eigenvalue weighted by Gasteiger charge is 2.31. The van der Waals surface area contributed by atoms with E-state index in [4.69, 9.17) is 22.3 Å². The van der Waals surface area contributed by atoms with E-state index in [9.17, 15) is 29.1 Å². The summed E-state index contributed by atoms with van der Waals surface area (Å²) < 4.78 is 0. The van der Waals surface area contributed by atoms with Gasteiger partial charge in [-0.3, -0.25) is 19.2 Å². The van der Waals surface area contributed by atoms with Crippen molar-refractivity contribution in [2.75, 3.05) is 25.4 Å². The fraction of sp³-hybridized carbons (Fsp3) is 0.792. The van der Waals surface area contributed by atoms with Crippen molar-refractivity contribution < 1.29 is 34.2 Å². The van der Waals surface area contributed by atoms with Crippen molar-refractivity contribution in [2.45, 2.75) is 89.0 Å². The Morgan fingerprint density at radius 1 is 0.718 bits per heavy atom. The topological polar surface area (TPSA) is 252 Å². The highest BCUT2D eigenvalue weighted by molar-refractivity contribution is 7.80. The van der Waals surface area contributed by atoms with E-state index in [0.29, 0.717) is 45.2 Å². The molecule has 0 saturated carbocycles. The van der Waals surface area contributed by atoms with Crippen molar-refractivity contribution in [3.05, 3.63) is 0 Å². The van der Waals surface area contributed by atoms with Gasteiger partial charge in [0.2, 0.25) is 23.6 Å². The monoisotopic (exact) mass is 577 g/mol. The Balaban J connectivity index is 5.53. The van der Waals surface area contributed by atoms with Crippen LogP contribution in [0.5, 0.6) is 0 Å². The van der Waals surface area contributed by atoms with Crippen molar-refractivity contribution in [1.82, 2.24) is 21.3 Å². The van der Waals surface area contributed by atoms with Crippen molar-refractivity contribution in [2.24, 2.45) is 23.1 Å². The lowest BCUT2D eigenvalue weighted by Gasteiger charge is -2.26. The van der Waals surface area contributed by atoms with Crippen molar-refractivity contribution in [1.29, 1.82) is 0 Å². The van der Waals surface area contributed by atoms with E-state index in [2.05, 4.69) is 33.9 Å². The summed E-state index contributed by atoms with van der Waals surface area (Å²) in [5.41, 5.74) is 16.9. The summed E-state index contributed by atoms with van der Waals surface area (Å²) in [6.45, 7) is 3.69. The molecule has 0 saturated heterocycles. The lowest BCUT2D eigenvalue weighted by Crippen LogP contribution is -2.59. The molecular weight excluding hydrogens is 530 g/mol. The molecule has 4 amide bonds. The third-order valence-corrected chi connectivity index (χ3v) is 6.20. The van der Waals surface area contributed by atoms with Gasteiger partial charge in [-0.2, -0.15) is 12.6 Å². The summed E-state index contributed by atoms with van der Waals surface area (Å²) in [4.78, 5) is 62.6. The van der Waals surface area contributed by atoms with Crippen LogP contribution in [-0.4, -0.2) is 95.5 Å². The van der Waals surface area contributed by atoms with Gasteiger partial charge in [0.25, 0.3) is 0 Å². The van der Waals surface area contributed by atoms with Crippen LogP contribution in [0.4, 0.5) is 0 Å². The maximum absolute atomic E-state index is 13.2. The second-order valence-electron chi connectivity index (χ2n) is 9.75. The average molecular weight is 578 g/mol. The van der Waals surface area contributed by atoms with E-state index in [1.54, 1.807) is 0 Å². The van der Waals surface area contributed by atoms with Crippen LogP contribution in [0.25, 0.3) is 0 Å². The molecule has 226 valence electrons. The Morgan fingerprint density at radius 3 is 1.67 bits per heavy atom. The smallest absolute Gasteiger partial charge is 0.328 e. The molecule has 15 heteroatoms. The van der Waals surface area contributed by atoms with Gasteiger partial charge in [-0.15, -0.1) is 0 Å². The number of thiol groups is 1. The highest BCUT2D eigenvalue weighted by atomic mass is 32.1. The number of aliphatic hydroxyl groups is 1. The average Bonchev–Trinajstić information content (AvgIpc) is 2.88. The first-order valence-corrected chi connectivity index (χ1v) is 13.9. The fourth-order valence-corrected chi connectivity index (χ4v) is 3.84. The number of hydrogen-bond acceptors (Lipinski definition) is 10. The predicted molar refractivity (Wildman–Crippen MR) is 150 cm³/mol. The second kappa shape index (κ2) is 20.4. The number of carbonyl (C=O) groups is 5.